The van der Waals surface area contributed by atoms with Gasteiger partial charge in [0.1, 0.15) is 0 Å². The van der Waals surface area contributed by atoms with Crippen molar-refractivity contribution >= 4 is 39.2 Å². The fourth-order valence-corrected chi connectivity index (χ4v) is 6.35. The van der Waals surface area contributed by atoms with Gasteiger partial charge in [-0.25, -0.2) is 18.7 Å². The second-order valence-electron chi connectivity index (χ2n) is 8.04. The second-order valence-corrected chi connectivity index (χ2v) is 10.4. The normalized spacial score (nSPS) is 19.6. The molecule has 2 amide bonds. The van der Waals surface area contributed by atoms with Gasteiger partial charge in [0.15, 0.2) is 0 Å². The average Bonchev–Trinajstić information content (AvgIpc) is 2.75. The lowest BCUT2D eigenvalue weighted by Crippen LogP contribution is -2.54. The number of rotatable bonds is 5. The molecule has 3 rings (SSSR count). The molecule has 0 saturated carbocycles. The molecule has 0 spiro atoms. The number of piperidine rings is 1. The van der Waals surface area contributed by atoms with E-state index in [2.05, 4.69) is 0 Å². The van der Waals surface area contributed by atoms with Gasteiger partial charge in [-0.3, -0.25) is 10.0 Å². The van der Waals surface area contributed by atoms with E-state index in [-0.39, 0.29) is 39.0 Å². The van der Waals surface area contributed by atoms with Crippen LogP contribution in [0.1, 0.15) is 30.4 Å². The summed E-state index contributed by atoms with van der Waals surface area (Å²) in [6, 6.07) is 5.59. The topological polar surface area (TPSA) is 127 Å². The van der Waals surface area contributed by atoms with Crippen molar-refractivity contribution in [1.29, 1.82) is 0 Å². The number of aryl methyl sites for hydroxylation is 1. The Balaban J connectivity index is 1.77. The van der Waals surface area contributed by atoms with Crippen LogP contribution in [-0.4, -0.2) is 71.9 Å². The molecule has 3 N–H and O–H groups in total. The van der Waals surface area contributed by atoms with Gasteiger partial charge in [-0.2, -0.15) is 4.31 Å². The minimum Gasteiger partial charge on any atom is -0.465 e. The minimum absolute atomic E-state index is 0.0154. The van der Waals surface area contributed by atoms with Crippen molar-refractivity contribution in [3.8, 4) is 0 Å². The van der Waals surface area contributed by atoms with Crippen LogP contribution in [0.2, 0.25) is 5.02 Å². The maximum atomic E-state index is 13.1. The monoisotopic (exact) mass is 471 g/mol. The number of hydrogen-bond donors (Lipinski definition) is 3. The molecule has 1 saturated heterocycles. The highest BCUT2D eigenvalue weighted by molar-refractivity contribution is 7.89. The molecule has 0 bridgehead atoms. The average molecular weight is 472 g/mol. The number of sulfonamides is 1. The maximum Gasteiger partial charge on any atom is 0.407 e. The van der Waals surface area contributed by atoms with Crippen LogP contribution in [0, 0.1) is 12.3 Å². The Labute approximate surface area is 186 Å². The molecule has 0 unspecified atom stereocenters. The molecular formula is C20H26ClN3O6S. The van der Waals surface area contributed by atoms with Crippen LogP contribution in [-0.2, 0) is 14.8 Å². The predicted molar refractivity (Wildman–Crippen MR) is 115 cm³/mol. The van der Waals surface area contributed by atoms with E-state index >= 15 is 0 Å². The molecule has 9 nitrogen and oxygen atoms in total. The van der Waals surface area contributed by atoms with E-state index in [9.17, 15) is 23.2 Å². The van der Waals surface area contributed by atoms with Gasteiger partial charge in [-0.05, 0) is 55.0 Å². The third kappa shape index (κ3) is 5.03. The molecule has 170 valence electrons. The number of carbonyl (C=O) groups excluding carboxylic acids is 1. The predicted octanol–water partition coefficient (Wildman–Crippen LogP) is 2.33. The first kappa shape index (κ1) is 23.5. The van der Waals surface area contributed by atoms with Gasteiger partial charge in [0, 0.05) is 31.2 Å². The van der Waals surface area contributed by atoms with Crippen molar-refractivity contribution in [2.45, 2.75) is 26.2 Å². The van der Waals surface area contributed by atoms with Crippen molar-refractivity contribution < 1.29 is 28.3 Å². The van der Waals surface area contributed by atoms with Gasteiger partial charge in [0.05, 0.1) is 11.2 Å². The number of carboxylic acid groups (broad SMARTS) is 1. The van der Waals surface area contributed by atoms with E-state index < -0.39 is 33.2 Å². The van der Waals surface area contributed by atoms with Crippen molar-refractivity contribution in [1.82, 2.24) is 14.7 Å². The van der Waals surface area contributed by atoms with E-state index in [1.807, 2.05) is 31.2 Å². The van der Waals surface area contributed by atoms with Crippen molar-refractivity contribution in [3.63, 3.8) is 0 Å². The Morgan fingerprint density at radius 1 is 1.23 bits per heavy atom. The fraction of sp³-hybridized carbons (Fsp3) is 0.500. The van der Waals surface area contributed by atoms with Crippen molar-refractivity contribution in [3.05, 3.63) is 40.4 Å². The molecule has 1 aromatic carbocycles. The smallest absolute Gasteiger partial charge is 0.407 e. The van der Waals surface area contributed by atoms with Gasteiger partial charge >= 0.3 is 6.09 Å². The van der Waals surface area contributed by atoms with Crippen LogP contribution in [0.25, 0.3) is 5.57 Å². The number of likely N-dealkylation sites (tertiary alicyclic amines) is 1. The highest BCUT2D eigenvalue weighted by Crippen LogP contribution is 2.35. The second kappa shape index (κ2) is 9.15. The Kier molecular flexibility index (Phi) is 6.95. The van der Waals surface area contributed by atoms with Crippen LogP contribution in [0.5, 0.6) is 0 Å². The third-order valence-electron chi connectivity index (χ3n) is 6.14. The van der Waals surface area contributed by atoms with Gasteiger partial charge in [-0.15, -0.1) is 0 Å². The summed E-state index contributed by atoms with van der Waals surface area (Å²) in [5, 5.41) is 18.9. The Hall–Kier alpha value is -2.14. The van der Waals surface area contributed by atoms with Gasteiger partial charge in [0.2, 0.25) is 10.0 Å². The molecule has 0 aromatic heterocycles. The number of hydrogen-bond acceptors (Lipinski definition) is 5. The number of benzene rings is 1. The summed E-state index contributed by atoms with van der Waals surface area (Å²) in [6.45, 7) is 2.45. The fourth-order valence-electron chi connectivity index (χ4n) is 4.21. The minimum atomic E-state index is -3.83. The molecule has 1 aromatic rings. The largest absolute Gasteiger partial charge is 0.465 e. The number of nitrogens with one attached hydrogen (secondary N) is 1. The molecule has 1 fully saturated rings. The molecule has 0 atom stereocenters. The quantitative estimate of drug-likeness (QED) is 0.446. The molecule has 2 aliphatic rings. The summed E-state index contributed by atoms with van der Waals surface area (Å²) in [5.74, 6) is -1.29. The highest BCUT2D eigenvalue weighted by Gasteiger charge is 2.47. The number of carbonyl (C=O) groups is 2. The Morgan fingerprint density at radius 2 is 1.90 bits per heavy atom. The Morgan fingerprint density at radius 3 is 2.45 bits per heavy atom. The first-order valence-corrected chi connectivity index (χ1v) is 11.9. The Bertz CT molecular complexity index is 1000. The number of nitrogens with zero attached hydrogens (tertiary/aromatic N) is 2. The van der Waals surface area contributed by atoms with Crippen LogP contribution in [0.15, 0.2) is 24.3 Å². The lowest BCUT2D eigenvalue weighted by atomic mass is 9.79. The summed E-state index contributed by atoms with van der Waals surface area (Å²) in [7, 11) is -3.83. The summed E-state index contributed by atoms with van der Waals surface area (Å²) in [6.07, 6.45) is 1.27. The van der Waals surface area contributed by atoms with Crippen molar-refractivity contribution in [2.24, 2.45) is 5.41 Å². The van der Waals surface area contributed by atoms with Gasteiger partial charge in [-0.1, -0.05) is 23.7 Å². The van der Waals surface area contributed by atoms with Crippen LogP contribution >= 0.6 is 11.6 Å². The zero-order valence-electron chi connectivity index (χ0n) is 17.2. The molecule has 0 aliphatic carbocycles. The third-order valence-corrected chi connectivity index (χ3v) is 8.41. The number of hydroxylamine groups is 1. The molecule has 0 radical (unpaired) electrons. The van der Waals surface area contributed by atoms with E-state index in [1.165, 1.54) is 4.31 Å². The molecule has 2 aliphatic heterocycles. The van der Waals surface area contributed by atoms with Crippen LogP contribution in [0.4, 0.5) is 4.79 Å². The molecule has 11 heteroatoms. The first-order valence-electron chi connectivity index (χ1n) is 9.94. The van der Waals surface area contributed by atoms with E-state index in [0.29, 0.717) is 11.4 Å². The van der Waals surface area contributed by atoms with E-state index in [0.717, 1.165) is 21.6 Å². The first-order chi connectivity index (χ1) is 14.6. The maximum absolute atomic E-state index is 13.1. The lowest BCUT2D eigenvalue weighted by Gasteiger charge is -2.40. The summed E-state index contributed by atoms with van der Waals surface area (Å²) in [4.78, 5) is 24.7. The zero-order valence-corrected chi connectivity index (χ0v) is 18.7. The molecule has 31 heavy (non-hydrogen) atoms. The molecular weight excluding hydrogens is 446 g/mol. The highest BCUT2D eigenvalue weighted by atomic mass is 35.5. The standard InChI is InChI=1S/C20H26ClN3O6S/c1-14-2-3-16(21)12-17(14)15-4-8-24(9-5-15)31(29,30)13-20(18(25)22-28)6-10-23(11-7-20)19(26)27/h2-4,12,28H,5-11,13H2,1H3,(H,22,25)(H,26,27). The molecule has 2 heterocycles. The summed E-state index contributed by atoms with van der Waals surface area (Å²) in [5.41, 5.74) is 3.25. The number of halogens is 1. The van der Waals surface area contributed by atoms with Gasteiger partial charge < -0.3 is 10.0 Å². The van der Waals surface area contributed by atoms with Crippen LogP contribution in [0.3, 0.4) is 0 Å². The SMILES string of the molecule is Cc1ccc(Cl)cc1C1=CCN(S(=O)(=O)CC2(C(=O)NO)CCN(C(=O)O)CC2)CC1. The van der Waals surface area contributed by atoms with Crippen LogP contribution < -0.4 is 5.48 Å². The van der Waals surface area contributed by atoms with E-state index in [4.69, 9.17) is 16.7 Å². The summed E-state index contributed by atoms with van der Waals surface area (Å²) < 4.78 is 27.6. The lowest BCUT2D eigenvalue weighted by molar-refractivity contribution is -0.141. The van der Waals surface area contributed by atoms with Gasteiger partial charge in [0.25, 0.3) is 5.91 Å². The van der Waals surface area contributed by atoms with E-state index in [1.54, 1.807) is 5.48 Å². The van der Waals surface area contributed by atoms with Crippen molar-refractivity contribution in [2.75, 3.05) is 31.9 Å². The number of amides is 2. The summed E-state index contributed by atoms with van der Waals surface area (Å²) >= 11 is 6.10. The zero-order chi connectivity index (χ0) is 22.8.